The summed E-state index contributed by atoms with van der Waals surface area (Å²) in [5, 5.41) is 3.26. The standard InChI is InChI=1S/C16H17ClN4O/c17-13-6-2-3-7-14(13)20-15(22)12-10-18-16(19-11-12)21-8-4-1-5-9-21/h2-3,6-7,10-11H,1,4-5,8-9H2,(H,20,22). The van der Waals surface area contributed by atoms with Crippen LogP contribution in [-0.4, -0.2) is 29.0 Å². The normalized spacial score (nSPS) is 14.7. The number of benzene rings is 1. The van der Waals surface area contributed by atoms with Crippen molar-refractivity contribution in [2.75, 3.05) is 23.3 Å². The molecule has 2 heterocycles. The third kappa shape index (κ3) is 3.36. The molecule has 0 saturated carbocycles. The van der Waals surface area contributed by atoms with E-state index in [-0.39, 0.29) is 5.91 Å². The zero-order valence-electron chi connectivity index (χ0n) is 12.1. The van der Waals surface area contributed by atoms with Crippen LogP contribution in [0.3, 0.4) is 0 Å². The average molecular weight is 317 g/mol. The summed E-state index contributed by atoms with van der Waals surface area (Å²) in [6.07, 6.45) is 6.71. The highest BCUT2D eigenvalue weighted by atomic mass is 35.5. The van der Waals surface area contributed by atoms with E-state index in [4.69, 9.17) is 11.6 Å². The number of carbonyl (C=O) groups excluding carboxylic acids is 1. The van der Waals surface area contributed by atoms with Gasteiger partial charge in [0.2, 0.25) is 5.95 Å². The maximum absolute atomic E-state index is 12.2. The molecule has 0 atom stereocenters. The molecule has 3 rings (SSSR count). The molecule has 114 valence electrons. The third-order valence-corrected chi connectivity index (χ3v) is 3.99. The molecule has 2 aromatic rings. The molecule has 0 unspecified atom stereocenters. The molecule has 1 aliphatic heterocycles. The highest BCUT2D eigenvalue weighted by Crippen LogP contribution is 2.21. The number of rotatable bonds is 3. The number of hydrogen-bond donors (Lipinski definition) is 1. The number of hydrogen-bond acceptors (Lipinski definition) is 4. The van der Waals surface area contributed by atoms with Crippen LogP contribution in [0.4, 0.5) is 11.6 Å². The molecule has 6 heteroatoms. The SMILES string of the molecule is O=C(Nc1ccccc1Cl)c1cnc(N2CCCCC2)nc1. The monoisotopic (exact) mass is 316 g/mol. The van der Waals surface area contributed by atoms with Crippen LogP contribution < -0.4 is 10.2 Å². The Morgan fingerprint density at radius 2 is 1.77 bits per heavy atom. The predicted octanol–water partition coefficient (Wildman–Crippen LogP) is 3.37. The van der Waals surface area contributed by atoms with Gasteiger partial charge in [0, 0.05) is 25.5 Å². The van der Waals surface area contributed by atoms with Gasteiger partial charge in [-0.15, -0.1) is 0 Å². The maximum Gasteiger partial charge on any atom is 0.258 e. The van der Waals surface area contributed by atoms with Gasteiger partial charge in [0.1, 0.15) is 0 Å². The van der Waals surface area contributed by atoms with Crippen molar-refractivity contribution in [2.45, 2.75) is 19.3 Å². The van der Waals surface area contributed by atoms with Gasteiger partial charge in [0.25, 0.3) is 5.91 Å². The van der Waals surface area contributed by atoms with Crippen LogP contribution in [0.5, 0.6) is 0 Å². The van der Waals surface area contributed by atoms with Crippen LogP contribution in [0.25, 0.3) is 0 Å². The number of piperidine rings is 1. The summed E-state index contributed by atoms with van der Waals surface area (Å²) in [6, 6.07) is 7.11. The summed E-state index contributed by atoms with van der Waals surface area (Å²) in [7, 11) is 0. The molecule has 1 amide bonds. The largest absolute Gasteiger partial charge is 0.341 e. The summed E-state index contributed by atoms with van der Waals surface area (Å²) in [5.41, 5.74) is 0.995. The second-order valence-electron chi connectivity index (χ2n) is 5.25. The van der Waals surface area contributed by atoms with Crippen molar-refractivity contribution in [1.82, 2.24) is 9.97 Å². The Morgan fingerprint density at radius 3 is 2.45 bits per heavy atom. The highest BCUT2D eigenvalue weighted by molar-refractivity contribution is 6.33. The summed E-state index contributed by atoms with van der Waals surface area (Å²) in [5.74, 6) is 0.423. The Kier molecular flexibility index (Phi) is 4.53. The molecule has 1 N–H and O–H groups in total. The fourth-order valence-electron chi connectivity index (χ4n) is 2.45. The zero-order chi connectivity index (χ0) is 15.4. The van der Waals surface area contributed by atoms with Gasteiger partial charge in [0.15, 0.2) is 0 Å². The first-order valence-electron chi connectivity index (χ1n) is 7.37. The molecule has 22 heavy (non-hydrogen) atoms. The molecular formula is C16H17ClN4O. The van der Waals surface area contributed by atoms with Gasteiger partial charge in [-0.05, 0) is 31.4 Å². The van der Waals surface area contributed by atoms with Gasteiger partial charge in [0.05, 0.1) is 16.3 Å². The molecule has 0 radical (unpaired) electrons. The van der Waals surface area contributed by atoms with Gasteiger partial charge in [-0.3, -0.25) is 4.79 Å². The Hall–Kier alpha value is -2.14. The number of nitrogens with zero attached hydrogens (tertiary/aromatic N) is 3. The number of halogens is 1. The van der Waals surface area contributed by atoms with E-state index in [1.807, 2.05) is 12.1 Å². The maximum atomic E-state index is 12.2. The van der Waals surface area contributed by atoms with Crippen molar-refractivity contribution in [3.05, 3.63) is 47.2 Å². The first kappa shape index (κ1) is 14.8. The fourth-order valence-corrected chi connectivity index (χ4v) is 2.64. The fraction of sp³-hybridized carbons (Fsp3) is 0.312. The minimum atomic E-state index is -0.265. The van der Waals surface area contributed by atoms with Gasteiger partial charge >= 0.3 is 0 Å². The van der Waals surface area contributed by atoms with Gasteiger partial charge < -0.3 is 10.2 Å². The summed E-state index contributed by atoms with van der Waals surface area (Å²) < 4.78 is 0. The molecule has 5 nitrogen and oxygen atoms in total. The summed E-state index contributed by atoms with van der Waals surface area (Å²) in [6.45, 7) is 1.95. The lowest BCUT2D eigenvalue weighted by atomic mass is 10.1. The number of para-hydroxylation sites is 1. The molecule has 1 aromatic heterocycles. The third-order valence-electron chi connectivity index (χ3n) is 3.66. The van der Waals surface area contributed by atoms with E-state index in [0.717, 1.165) is 25.9 Å². The molecular weight excluding hydrogens is 300 g/mol. The second kappa shape index (κ2) is 6.75. The number of carbonyl (C=O) groups is 1. The number of aromatic nitrogens is 2. The Bertz CT molecular complexity index is 653. The van der Waals surface area contributed by atoms with Crippen LogP contribution in [0.15, 0.2) is 36.7 Å². The van der Waals surface area contributed by atoms with E-state index < -0.39 is 0 Å². The van der Waals surface area contributed by atoms with E-state index in [0.29, 0.717) is 22.2 Å². The second-order valence-corrected chi connectivity index (χ2v) is 5.66. The highest BCUT2D eigenvalue weighted by Gasteiger charge is 2.15. The molecule has 1 aliphatic rings. The van der Waals surface area contributed by atoms with E-state index in [9.17, 15) is 4.79 Å². The first-order valence-corrected chi connectivity index (χ1v) is 7.75. The molecule has 1 fully saturated rings. The van der Waals surface area contributed by atoms with Crippen LogP contribution >= 0.6 is 11.6 Å². The van der Waals surface area contributed by atoms with Crippen molar-refractivity contribution >= 4 is 29.1 Å². The molecule has 1 saturated heterocycles. The van der Waals surface area contributed by atoms with E-state index in [1.54, 1.807) is 24.5 Å². The minimum absolute atomic E-state index is 0.265. The molecule has 1 aromatic carbocycles. The van der Waals surface area contributed by atoms with Crippen molar-refractivity contribution < 1.29 is 4.79 Å². The van der Waals surface area contributed by atoms with Crippen LogP contribution in [0.1, 0.15) is 29.6 Å². The molecule has 0 bridgehead atoms. The van der Waals surface area contributed by atoms with Crippen molar-refractivity contribution in [2.24, 2.45) is 0 Å². The van der Waals surface area contributed by atoms with Gasteiger partial charge in [-0.1, -0.05) is 23.7 Å². The van der Waals surface area contributed by atoms with Crippen LogP contribution in [-0.2, 0) is 0 Å². The number of amides is 1. The predicted molar refractivity (Wildman–Crippen MR) is 87.5 cm³/mol. The van der Waals surface area contributed by atoms with Gasteiger partial charge in [-0.25, -0.2) is 9.97 Å². The van der Waals surface area contributed by atoms with Crippen LogP contribution in [0, 0.1) is 0 Å². The van der Waals surface area contributed by atoms with Crippen molar-refractivity contribution in [3.63, 3.8) is 0 Å². The Morgan fingerprint density at radius 1 is 1.09 bits per heavy atom. The average Bonchev–Trinajstić information content (AvgIpc) is 2.58. The topological polar surface area (TPSA) is 58.1 Å². The van der Waals surface area contributed by atoms with Crippen molar-refractivity contribution in [1.29, 1.82) is 0 Å². The summed E-state index contributed by atoms with van der Waals surface area (Å²) >= 11 is 6.03. The molecule has 0 spiro atoms. The zero-order valence-corrected chi connectivity index (χ0v) is 12.9. The minimum Gasteiger partial charge on any atom is -0.341 e. The van der Waals surface area contributed by atoms with Gasteiger partial charge in [-0.2, -0.15) is 0 Å². The first-order chi connectivity index (χ1) is 10.7. The van der Waals surface area contributed by atoms with Crippen molar-refractivity contribution in [3.8, 4) is 0 Å². The lowest BCUT2D eigenvalue weighted by Crippen LogP contribution is -2.31. The van der Waals surface area contributed by atoms with E-state index in [2.05, 4.69) is 20.2 Å². The van der Waals surface area contributed by atoms with E-state index in [1.165, 1.54) is 6.42 Å². The summed E-state index contributed by atoms with van der Waals surface area (Å²) in [4.78, 5) is 23.0. The quantitative estimate of drug-likeness (QED) is 0.943. The van der Waals surface area contributed by atoms with E-state index >= 15 is 0 Å². The number of anilines is 2. The lowest BCUT2D eigenvalue weighted by Gasteiger charge is -2.26. The lowest BCUT2D eigenvalue weighted by molar-refractivity contribution is 0.102. The molecule has 0 aliphatic carbocycles. The van der Waals surface area contributed by atoms with Crippen LogP contribution in [0.2, 0.25) is 5.02 Å². The Balaban J connectivity index is 1.69. The smallest absolute Gasteiger partial charge is 0.258 e. The number of nitrogens with one attached hydrogen (secondary N) is 1. The Labute approximate surface area is 134 Å².